The zero-order valence-electron chi connectivity index (χ0n) is 16.0. The fraction of sp³-hybridized carbons (Fsp3) is 0.190. The fourth-order valence-electron chi connectivity index (χ4n) is 3.08. The van der Waals surface area contributed by atoms with Gasteiger partial charge in [0.05, 0.1) is 11.3 Å². The Balaban J connectivity index is 1.34. The summed E-state index contributed by atoms with van der Waals surface area (Å²) >= 11 is 6.74. The monoisotopic (exact) mass is 462 g/mol. The maximum absolute atomic E-state index is 13.8. The van der Waals surface area contributed by atoms with Crippen LogP contribution in [0.1, 0.15) is 11.1 Å². The average molecular weight is 463 g/mol. The predicted octanol–water partition coefficient (Wildman–Crippen LogP) is 3.60. The second-order valence-corrected chi connectivity index (χ2v) is 8.07. The van der Waals surface area contributed by atoms with E-state index in [4.69, 9.17) is 21.1 Å². The summed E-state index contributed by atoms with van der Waals surface area (Å²) in [6.45, 7) is 0.185. The second-order valence-electron chi connectivity index (χ2n) is 6.67. The van der Waals surface area contributed by atoms with E-state index >= 15 is 0 Å². The predicted molar refractivity (Wildman–Crippen MR) is 113 cm³/mol. The summed E-state index contributed by atoms with van der Waals surface area (Å²) in [4.78, 5) is 38.2. The van der Waals surface area contributed by atoms with Crippen LogP contribution in [0.5, 0.6) is 11.5 Å². The van der Waals surface area contributed by atoms with Gasteiger partial charge in [-0.3, -0.25) is 19.3 Å². The number of fused-ring (bicyclic) bond motifs is 1. The van der Waals surface area contributed by atoms with Crippen molar-refractivity contribution in [2.45, 2.75) is 6.42 Å². The Hall–Kier alpha value is -3.04. The first kappa shape index (κ1) is 21.2. The number of imide groups is 1. The Morgan fingerprint density at radius 1 is 1.23 bits per heavy atom. The van der Waals surface area contributed by atoms with Crippen LogP contribution in [0.4, 0.5) is 9.18 Å². The number of rotatable bonds is 6. The summed E-state index contributed by atoms with van der Waals surface area (Å²) in [5, 5.41) is 2.31. The Kier molecular flexibility index (Phi) is 6.15. The molecule has 0 radical (unpaired) electrons. The van der Waals surface area contributed by atoms with E-state index in [1.165, 1.54) is 18.2 Å². The number of nitrogens with one attached hydrogen (secondary N) is 1. The topological polar surface area (TPSA) is 84.9 Å². The maximum Gasteiger partial charge on any atom is 0.293 e. The first-order valence-electron chi connectivity index (χ1n) is 9.27. The Morgan fingerprint density at radius 2 is 2.03 bits per heavy atom. The van der Waals surface area contributed by atoms with Crippen molar-refractivity contribution in [3.05, 3.63) is 63.3 Å². The molecule has 3 amide bonds. The molecule has 1 N–H and O–H groups in total. The van der Waals surface area contributed by atoms with Crippen molar-refractivity contribution in [2.24, 2.45) is 0 Å². The summed E-state index contributed by atoms with van der Waals surface area (Å²) in [5.74, 6) is -0.278. The lowest BCUT2D eigenvalue weighted by atomic mass is 10.1. The number of amides is 3. The van der Waals surface area contributed by atoms with Crippen LogP contribution in [-0.2, 0) is 16.0 Å². The van der Waals surface area contributed by atoms with Gasteiger partial charge in [0.2, 0.25) is 12.7 Å². The van der Waals surface area contributed by atoms with Crippen LogP contribution in [-0.4, -0.2) is 41.8 Å². The molecule has 0 aliphatic carbocycles. The molecule has 2 aliphatic rings. The first-order valence-corrected chi connectivity index (χ1v) is 10.5. The van der Waals surface area contributed by atoms with Gasteiger partial charge in [0.1, 0.15) is 5.82 Å². The number of ether oxygens (including phenoxy) is 2. The van der Waals surface area contributed by atoms with Gasteiger partial charge in [0, 0.05) is 23.7 Å². The summed E-state index contributed by atoms with van der Waals surface area (Å²) in [6, 6.07) is 9.40. The number of nitrogens with zero attached hydrogens (tertiary/aromatic N) is 1. The third kappa shape index (κ3) is 4.67. The van der Waals surface area contributed by atoms with E-state index in [2.05, 4.69) is 5.32 Å². The molecule has 1 fully saturated rings. The lowest BCUT2D eigenvalue weighted by Gasteiger charge is -2.13. The van der Waals surface area contributed by atoms with E-state index in [-0.39, 0.29) is 41.8 Å². The van der Waals surface area contributed by atoms with Crippen molar-refractivity contribution in [1.82, 2.24) is 10.2 Å². The molecule has 31 heavy (non-hydrogen) atoms. The highest BCUT2D eigenvalue weighted by atomic mass is 35.5. The van der Waals surface area contributed by atoms with E-state index in [1.54, 1.807) is 24.3 Å². The van der Waals surface area contributed by atoms with Gasteiger partial charge >= 0.3 is 0 Å². The molecule has 2 aromatic rings. The molecule has 160 valence electrons. The molecule has 0 aromatic heterocycles. The van der Waals surface area contributed by atoms with Gasteiger partial charge in [-0.15, -0.1) is 0 Å². The van der Waals surface area contributed by atoms with Gasteiger partial charge in [-0.25, -0.2) is 4.39 Å². The third-order valence-electron chi connectivity index (χ3n) is 4.62. The van der Waals surface area contributed by atoms with Crippen LogP contribution in [0.2, 0.25) is 5.02 Å². The number of benzene rings is 2. The van der Waals surface area contributed by atoms with Crippen molar-refractivity contribution in [3.63, 3.8) is 0 Å². The Labute approximate surface area is 186 Å². The zero-order valence-corrected chi connectivity index (χ0v) is 17.6. The molecular weight excluding hydrogens is 447 g/mol. The minimum Gasteiger partial charge on any atom is -0.454 e. The minimum atomic E-state index is -0.567. The summed E-state index contributed by atoms with van der Waals surface area (Å²) in [6.07, 6.45) is 1.36. The van der Waals surface area contributed by atoms with E-state index < -0.39 is 22.9 Å². The second kappa shape index (κ2) is 8.99. The number of thioether (sulfide) groups is 1. The molecule has 2 heterocycles. The fourth-order valence-corrected chi connectivity index (χ4v) is 4.17. The largest absolute Gasteiger partial charge is 0.454 e. The minimum absolute atomic E-state index is 0.000110. The van der Waals surface area contributed by atoms with E-state index in [0.29, 0.717) is 17.1 Å². The molecule has 10 heteroatoms. The normalized spacial score (nSPS) is 16.3. The Bertz CT molecular complexity index is 1090. The SMILES string of the molecule is O=C(Cc1c(F)cccc1Cl)NCCN1C(=O)S/C(=C/c2ccc3c(c2)OCO3)C1=O. The van der Waals surface area contributed by atoms with Crippen molar-refractivity contribution in [3.8, 4) is 11.5 Å². The van der Waals surface area contributed by atoms with Gasteiger partial charge in [-0.05, 0) is 47.7 Å². The molecule has 4 rings (SSSR count). The van der Waals surface area contributed by atoms with Crippen molar-refractivity contribution < 1.29 is 28.2 Å². The standard InChI is InChI=1S/C21H16ClFN2O5S/c22-14-2-1-3-15(23)13(14)10-19(26)24-6-7-25-20(27)18(31-21(25)28)9-12-4-5-16-17(8-12)30-11-29-16/h1-5,8-9H,6-7,10-11H2,(H,24,26)/b18-9+. The van der Waals surface area contributed by atoms with E-state index in [9.17, 15) is 18.8 Å². The molecular formula is C21H16ClFN2O5S. The van der Waals surface area contributed by atoms with Crippen molar-refractivity contribution >= 4 is 46.5 Å². The highest BCUT2D eigenvalue weighted by Gasteiger charge is 2.34. The van der Waals surface area contributed by atoms with Crippen LogP contribution in [0.15, 0.2) is 41.3 Å². The van der Waals surface area contributed by atoms with Gasteiger partial charge < -0.3 is 14.8 Å². The molecule has 0 spiro atoms. The number of hydrogen-bond donors (Lipinski definition) is 1. The number of carbonyl (C=O) groups excluding carboxylic acids is 3. The van der Waals surface area contributed by atoms with Gasteiger partial charge in [-0.1, -0.05) is 23.7 Å². The quantitative estimate of drug-likeness (QED) is 0.660. The van der Waals surface area contributed by atoms with Gasteiger partial charge in [0.15, 0.2) is 11.5 Å². The highest BCUT2D eigenvalue weighted by molar-refractivity contribution is 8.18. The molecule has 2 aromatic carbocycles. The molecule has 1 saturated heterocycles. The van der Waals surface area contributed by atoms with E-state index in [0.717, 1.165) is 16.7 Å². The molecule has 7 nitrogen and oxygen atoms in total. The number of carbonyl (C=O) groups is 3. The van der Waals surface area contributed by atoms with E-state index in [1.807, 2.05) is 0 Å². The smallest absolute Gasteiger partial charge is 0.293 e. The van der Waals surface area contributed by atoms with Crippen molar-refractivity contribution in [1.29, 1.82) is 0 Å². The van der Waals surface area contributed by atoms with Crippen LogP contribution < -0.4 is 14.8 Å². The van der Waals surface area contributed by atoms with Crippen molar-refractivity contribution in [2.75, 3.05) is 19.9 Å². The zero-order chi connectivity index (χ0) is 22.0. The number of hydrogen-bond acceptors (Lipinski definition) is 6. The Morgan fingerprint density at radius 3 is 2.84 bits per heavy atom. The van der Waals surface area contributed by atoms with Crippen LogP contribution in [0, 0.1) is 5.82 Å². The molecule has 0 unspecified atom stereocenters. The van der Waals surface area contributed by atoms with Crippen LogP contribution in [0.3, 0.4) is 0 Å². The molecule has 0 bridgehead atoms. The van der Waals surface area contributed by atoms with Crippen LogP contribution in [0.25, 0.3) is 6.08 Å². The summed E-state index contributed by atoms with van der Waals surface area (Å²) in [7, 11) is 0. The van der Waals surface area contributed by atoms with Gasteiger partial charge in [0.25, 0.3) is 11.1 Å². The average Bonchev–Trinajstić information content (AvgIpc) is 3.30. The lowest BCUT2D eigenvalue weighted by molar-refractivity contribution is -0.124. The number of halogens is 2. The molecule has 0 atom stereocenters. The molecule has 0 saturated carbocycles. The summed E-state index contributed by atoms with van der Waals surface area (Å²) in [5.41, 5.74) is 0.796. The lowest BCUT2D eigenvalue weighted by Crippen LogP contribution is -2.37. The maximum atomic E-state index is 13.8. The van der Waals surface area contributed by atoms with Gasteiger partial charge in [-0.2, -0.15) is 0 Å². The highest BCUT2D eigenvalue weighted by Crippen LogP contribution is 2.36. The third-order valence-corrected chi connectivity index (χ3v) is 5.89. The first-order chi connectivity index (χ1) is 14.9. The molecule has 2 aliphatic heterocycles. The van der Waals surface area contributed by atoms with Crippen LogP contribution >= 0.6 is 23.4 Å². The summed E-state index contributed by atoms with van der Waals surface area (Å²) < 4.78 is 24.4.